The summed E-state index contributed by atoms with van der Waals surface area (Å²) >= 11 is 0. The van der Waals surface area contributed by atoms with Gasteiger partial charge in [0.2, 0.25) is 0 Å². The zero-order valence-corrected chi connectivity index (χ0v) is 9.43. The van der Waals surface area contributed by atoms with Crippen LogP contribution in [0.1, 0.15) is 6.42 Å². The van der Waals surface area contributed by atoms with Crippen LogP contribution in [-0.4, -0.2) is 26.0 Å². The van der Waals surface area contributed by atoms with Gasteiger partial charge in [0, 0.05) is 0 Å². The van der Waals surface area contributed by atoms with E-state index in [2.05, 4.69) is 5.29 Å². The Morgan fingerprint density at radius 1 is 1.25 bits per heavy atom. The summed E-state index contributed by atoms with van der Waals surface area (Å²) in [4.78, 5) is 10.8. The number of para-hydroxylation sites is 1. The molecule has 1 aliphatic rings. The van der Waals surface area contributed by atoms with E-state index in [9.17, 15) is 13.3 Å². The molecule has 0 spiro atoms. The molecule has 0 aromatic heterocycles. The van der Waals surface area contributed by atoms with Gasteiger partial charge in [-0.1, -0.05) is 18.2 Å². The number of benzene rings is 1. The Kier molecular flexibility index (Phi) is 2.91. The molecule has 1 aliphatic heterocycles. The number of nitroso groups, excluding NO2 is 1. The molecule has 0 saturated carbocycles. The van der Waals surface area contributed by atoms with Crippen molar-refractivity contribution in [3.05, 3.63) is 35.2 Å². The summed E-state index contributed by atoms with van der Waals surface area (Å²) in [6, 6.07) is 8.56. The minimum atomic E-state index is -3.00. The highest BCUT2D eigenvalue weighted by Crippen LogP contribution is 2.24. The molecule has 0 amide bonds. The van der Waals surface area contributed by atoms with Gasteiger partial charge >= 0.3 is 0 Å². The number of hydrogen-bond acceptors (Lipinski definition) is 4. The average molecular weight is 240 g/mol. The fourth-order valence-corrected chi connectivity index (χ4v) is 3.57. The molecule has 1 atom stereocenters. The molecule has 86 valence electrons. The van der Waals surface area contributed by atoms with E-state index >= 15 is 0 Å². The van der Waals surface area contributed by atoms with E-state index in [-0.39, 0.29) is 17.5 Å². The SMILES string of the molecule is O=NN(c1ccccc1)C1CCS(=O)(=O)C1. The maximum Gasteiger partial charge on any atom is 0.152 e. The second kappa shape index (κ2) is 4.21. The maximum absolute atomic E-state index is 11.3. The van der Waals surface area contributed by atoms with Crippen LogP contribution in [0.25, 0.3) is 0 Å². The van der Waals surface area contributed by atoms with Crippen LogP contribution >= 0.6 is 0 Å². The highest BCUT2D eigenvalue weighted by molar-refractivity contribution is 7.91. The summed E-state index contributed by atoms with van der Waals surface area (Å²) in [7, 11) is -3.00. The van der Waals surface area contributed by atoms with E-state index < -0.39 is 9.84 Å². The molecule has 2 rings (SSSR count). The molecular formula is C10H12N2O3S. The Morgan fingerprint density at radius 2 is 1.94 bits per heavy atom. The zero-order chi connectivity index (χ0) is 11.6. The van der Waals surface area contributed by atoms with Gasteiger partial charge in [-0.3, -0.25) is 0 Å². The first-order chi connectivity index (χ1) is 7.62. The van der Waals surface area contributed by atoms with Crippen molar-refractivity contribution in [3.8, 4) is 0 Å². The largest absolute Gasteiger partial charge is 0.229 e. The summed E-state index contributed by atoms with van der Waals surface area (Å²) in [5.74, 6) is 0.143. The lowest BCUT2D eigenvalue weighted by Crippen LogP contribution is -2.31. The molecule has 5 nitrogen and oxygen atoms in total. The van der Waals surface area contributed by atoms with Crippen molar-refractivity contribution in [1.82, 2.24) is 0 Å². The van der Waals surface area contributed by atoms with Gasteiger partial charge in [0.15, 0.2) is 9.84 Å². The Hall–Kier alpha value is -1.43. The fourth-order valence-electron chi connectivity index (χ4n) is 1.87. The monoisotopic (exact) mass is 240 g/mol. The highest BCUT2D eigenvalue weighted by atomic mass is 32.2. The third kappa shape index (κ3) is 2.21. The van der Waals surface area contributed by atoms with Crippen molar-refractivity contribution in [3.63, 3.8) is 0 Å². The summed E-state index contributed by atoms with van der Waals surface area (Å²) in [6.45, 7) is 0. The topological polar surface area (TPSA) is 66.8 Å². The molecule has 0 aliphatic carbocycles. The third-order valence-corrected chi connectivity index (χ3v) is 4.41. The van der Waals surface area contributed by atoms with Crippen molar-refractivity contribution in [2.75, 3.05) is 16.5 Å². The van der Waals surface area contributed by atoms with Crippen molar-refractivity contribution in [1.29, 1.82) is 0 Å². The Labute approximate surface area is 93.9 Å². The van der Waals surface area contributed by atoms with Crippen LogP contribution in [0.4, 0.5) is 5.69 Å². The Bertz CT molecular complexity index is 472. The molecule has 16 heavy (non-hydrogen) atoms. The van der Waals surface area contributed by atoms with Crippen LogP contribution < -0.4 is 5.01 Å². The first-order valence-corrected chi connectivity index (χ1v) is 6.82. The predicted octanol–water partition coefficient (Wildman–Crippen LogP) is 1.36. The van der Waals surface area contributed by atoms with E-state index in [1.807, 2.05) is 6.07 Å². The molecule has 0 radical (unpaired) electrons. The van der Waals surface area contributed by atoms with E-state index in [0.29, 0.717) is 12.1 Å². The summed E-state index contributed by atoms with van der Waals surface area (Å²) in [6.07, 6.45) is 0.461. The fraction of sp³-hybridized carbons (Fsp3) is 0.400. The van der Waals surface area contributed by atoms with Crippen LogP contribution in [0.3, 0.4) is 0 Å². The van der Waals surface area contributed by atoms with Gasteiger partial charge in [0.25, 0.3) is 0 Å². The quantitative estimate of drug-likeness (QED) is 0.591. The smallest absolute Gasteiger partial charge is 0.152 e. The summed E-state index contributed by atoms with van der Waals surface area (Å²) < 4.78 is 22.6. The van der Waals surface area contributed by atoms with Crippen LogP contribution in [0.15, 0.2) is 35.6 Å². The second-order valence-corrected chi connectivity index (χ2v) is 6.05. The van der Waals surface area contributed by atoms with Gasteiger partial charge in [0.1, 0.15) is 0 Å². The van der Waals surface area contributed by atoms with E-state index in [4.69, 9.17) is 0 Å². The summed E-state index contributed by atoms with van der Waals surface area (Å²) in [5, 5.41) is 4.18. The van der Waals surface area contributed by atoms with E-state index in [1.54, 1.807) is 24.3 Å². The number of sulfone groups is 1. The van der Waals surface area contributed by atoms with Gasteiger partial charge < -0.3 is 0 Å². The second-order valence-electron chi connectivity index (χ2n) is 3.82. The maximum atomic E-state index is 11.3. The van der Waals surface area contributed by atoms with Crippen molar-refractivity contribution in [2.24, 2.45) is 5.29 Å². The lowest BCUT2D eigenvalue weighted by molar-refractivity contribution is 0.600. The molecular weight excluding hydrogens is 228 g/mol. The molecule has 1 aromatic carbocycles. The van der Waals surface area contributed by atoms with E-state index in [0.717, 1.165) is 0 Å². The average Bonchev–Trinajstić information content (AvgIpc) is 2.62. The molecule has 0 N–H and O–H groups in total. The Balaban J connectivity index is 2.22. The molecule has 1 fully saturated rings. The lowest BCUT2D eigenvalue weighted by atomic mass is 10.2. The zero-order valence-electron chi connectivity index (χ0n) is 8.61. The molecule has 1 aromatic rings. The van der Waals surface area contributed by atoms with Gasteiger partial charge in [-0.2, -0.15) is 0 Å². The van der Waals surface area contributed by atoms with Gasteiger partial charge in [-0.05, 0) is 18.6 Å². The van der Waals surface area contributed by atoms with Crippen LogP contribution in [0.2, 0.25) is 0 Å². The van der Waals surface area contributed by atoms with Crippen molar-refractivity contribution in [2.45, 2.75) is 12.5 Å². The van der Waals surface area contributed by atoms with E-state index in [1.165, 1.54) is 5.01 Å². The van der Waals surface area contributed by atoms with Gasteiger partial charge in [-0.15, -0.1) is 4.91 Å². The normalized spacial score (nSPS) is 22.9. The minimum absolute atomic E-state index is 0.00757. The molecule has 0 bridgehead atoms. The lowest BCUT2D eigenvalue weighted by Gasteiger charge is -2.20. The third-order valence-electron chi connectivity index (χ3n) is 2.66. The highest BCUT2D eigenvalue weighted by Gasteiger charge is 2.33. The van der Waals surface area contributed by atoms with Gasteiger partial charge in [-0.25, -0.2) is 13.4 Å². The Morgan fingerprint density at radius 3 is 2.44 bits per heavy atom. The van der Waals surface area contributed by atoms with Crippen LogP contribution in [-0.2, 0) is 9.84 Å². The molecule has 1 heterocycles. The predicted molar refractivity (Wildman–Crippen MR) is 61.8 cm³/mol. The van der Waals surface area contributed by atoms with Crippen LogP contribution in [0, 0.1) is 4.91 Å². The first kappa shape index (κ1) is 11.1. The number of rotatable bonds is 3. The molecule has 6 heteroatoms. The summed E-state index contributed by atoms with van der Waals surface area (Å²) in [5.41, 5.74) is 0.639. The minimum Gasteiger partial charge on any atom is -0.229 e. The number of nitrogens with zero attached hydrogens (tertiary/aromatic N) is 2. The molecule has 1 saturated heterocycles. The standard InChI is InChI=1S/C10H12N2O3S/c13-11-12(9-4-2-1-3-5-9)10-6-7-16(14,15)8-10/h1-5,10H,6-8H2. The van der Waals surface area contributed by atoms with Crippen LogP contribution in [0.5, 0.6) is 0 Å². The van der Waals surface area contributed by atoms with Gasteiger partial charge in [0.05, 0.1) is 28.5 Å². The first-order valence-electron chi connectivity index (χ1n) is 5.00. The number of anilines is 1. The number of hydrogen-bond donors (Lipinski definition) is 0. The molecule has 1 unspecified atom stereocenters. The van der Waals surface area contributed by atoms with Crippen molar-refractivity contribution >= 4 is 15.5 Å². The van der Waals surface area contributed by atoms with Crippen molar-refractivity contribution < 1.29 is 8.42 Å².